The second kappa shape index (κ2) is 13.4. The number of fused-ring (bicyclic) bond motifs is 5. The molecule has 1 aromatic heterocycles. The number of hydrogen-bond acceptors (Lipinski definition) is 9. The normalized spacial score (nSPS) is 37.6. The third-order valence-corrected chi connectivity index (χ3v) is 10.3. The number of ether oxygens (including phenoxy) is 4. The topological polar surface area (TPSA) is 122 Å². The molecule has 0 bridgehead atoms. The van der Waals surface area contributed by atoms with Crippen molar-refractivity contribution in [3.8, 4) is 0 Å². The van der Waals surface area contributed by atoms with Crippen LogP contribution in [0, 0.1) is 35.5 Å². The Morgan fingerprint density at radius 3 is 2.61 bits per heavy atom. The monoisotopic (exact) mass is 573 g/mol. The molecular weight excluding hydrogens is 526 g/mol. The van der Waals surface area contributed by atoms with Crippen molar-refractivity contribution in [2.24, 2.45) is 35.5 Å². The van der Waals surface area contributed by atoms with Gasteiger partial charge < -0.3 is 24.1 Å². The number of ketones is 1. The van der Waals surface area contributed by atoms with Crippen LogP contribution in [-0.2, 0) is 28.5 Å². The molecule has 0 aromatic carbocycles. The number of methoxy groups -OCH3 is 2. The zero-order valence-electron chi connectivity index (χ0n) is 24.9. The van der Waals surface area contributed by atoms with E-state index in [9.17, 15) is 14.7 Å². The number of aromatic nitrogens is 3. The average Bonchev–Trinajstić information content (AvgIpc) is 3.71. The molecule has 0 amide bonds. The summed E-state index contributed by atoms with van der Waals surface area (Å²) in [6.07, 6.45) is 10.9. The first-order valence-electron chi connectivity index (χ1n) is 15.5. The van der Waals surface area contributed by atoms with Gasteiger partial charge in [0.15, 0.2) is 12.1 Å². The number of aliphatic hydroxyl groups excluding tert-OH is 1. The van der Waals surface area contributed by atoms with Crippen LogP contribution in [0.1, 0.15) is 77.7 Å². The summed E-state index contributed by atoms with van der Waals surface area (Å²) in [7, 11) is 3.10. The summed E-state index contributed by atoms with van der Waals surface area (Å²) in [5.41, 5.74) is 0.819. The first-order chi connectivity index (χ1) is 19.8. The molecule has 10 heteroatoms. The fourth-order valence-electron chi connectivity index (χ4n) is 8.16. The van der Waals surface area contributed by atoms with Crippen molar-refractivity contribution in [1.82, 2.24) is 15.0 Å². The summed E-state index contributed by atoms with van der Waals surface area (Å²) in [5.74, 6) is 0.479. The molecule has 11 atom stereocenters. The summed E-state index contributed by atoms with van der Waals surface area (Å²) in [6.45, 7) is 4.33. The molecule has 3 fully saturated rings. The maximum atomic E-state index is 13.9. The highest BCUT2D eigenvalue weighted by molar-refractivity contribution is 5.98. The summed E-state index contributed by atoms with van der Waals surface area (Å²) in [4.78, 5) is 27.1. The number of carbonyl (C=O) groups excluding carboxylic acids is 2. The highest BCUT2D eigenvalue weighted by atomic mass is 16.6. The summed E-state index contributed by atoms with van der Waals surface area (Å²) < 4.78 is 24.6. The molecule has 5 rings (SSSR count). The van der Waals surface area contributed by atoms with Gasteiger partial charge in [-0.1, -0.05) is 31.6 Å². The Morgan fingerprint density at radius 2 is 1.90 bits per heavy atom. The Labute approximate surface area is 243 Å². The van der Waals surface area contributed by atoms with Crippen molar-refractivity contribution in [1.29, 1.82) is 0 Å². The molecule has 2 saturated carbocycles. The Morgan fingerprint density at radius 1 is 1.12 bits per heavy atom. The van der Waals surface area contributed by atoms with E-state index in [1.807, 2.05) is 17.8 Å². The van der Waals surface area contributed by atoms with E-state index in [-0.39, 0.29) is 78.5 Å². The fourth-order valence-corrected chi connectivity index (χ4v) is 8.16. The van der Waals surface area contributed by atoms with Crippen LogP contribution < -0.4 is 0 Å². The molecule has 1 N–H and O–H groups in total. The predicted octanol–water partition coefficient (Wildman–Crippen LogP) is 3.89. The highest BCUT2D eigenvalue weighted by Crippen LogP contribution is 2.59. The lowest BCUT2D eigenvalue weighted by Gasteiger charge is -2.43. The lowest BCUT2D eigenvalue weighted by molar-refractivity contribution is -0.204. The van der Waals surface area contributed by atoms with Crippen molar-refractivity contribution < 1.29 is 33.6 Å². The molecule has 10 nitrogen and oxygen atoms in total. The van der Waals surface area contributed by atoms with E-state index < -0.39 is 12.4 Å². The van der Waals surface area contributed by atoms with Gasteiger partial charge in [0.05, 0.1) is 31.4 Å². The minimum Gasteiger partial charge on any atom is -0.462 e. The summed E-state index contributed by atoms with van der Waals surface area (Å²) >= 11 is 0. The smallest absolute Gasteiger partial charge is 0.306 e. The highest BCUT2D eigenvalue weighted by Gasteiger charge is 2.55. The van der Waals surface area contributed by atoms with Gasteiger partial charge in [0.2, 0.25) is 0 Å². The van der Waals surface area contributed by atoms with Gasteiger partial charge in [-0.05, 0) is 74.2 Å². The van der Waals surface area contributed by atoms with Crippen LogP contribution in [0.2, 0.25) is 0 Å². The molecule has 0 spiro atoms. The zero-order chi connectivity index (χ0) is 29.1. The lowest BCUT2D eigenvalue weighted by atomic mass is 9.64. The fraction of sp³-hybridized carbons (Fsp3) is 0.806. The van der Waals surface area contributed by atoms with Gasteiger partial charge in [0.1, 0.15) is 12.2 Å². The molecule has 228 valence electrons. The molecule has 1 saturated heterocycles. The SMILES string of the molecule is CC[C@H]1CCCC[C@@H](C)C(=O)C2=CC3[C@@H](C[C@@H](n4ccnn4)[C@@H]4C[C@@H](OC(O)[C@H](COC)OC)C[C@@H]34)[C@@H]2CC(=O)O1. The number of rotatable bonds is 8. The Kier molecular flexibility index (Phi) is 9.94. The van der Waals surface area contributed by atoms with Crippen LogP contribution in [-0.4, -0.2) is 77.3 Å². The number of nitrogens with zero attached hydrogens (tertiary/aromatic N) is 3. The van der Waals surface area contributed by atoms with E-state index in [4.69, 9.17) is 18.9 Å². The van der Waals surface area contributed by atoms with Crippen molar-refractivity contribution in [2.45, 2.75) is 102 Å². The van der Waals surface area contributed by atoms with Crippen molar-refractivity contribution in [3.63, 3.8) is 0 Å². The molecule has 41 heavy (non-hydrogen) atoms. The van der Waals surface area contributed by atoms with Gasteiger partial charge in [-0.3, -0.25) is 9.59 Å². The third-order valence-electron chi connectivity index (χ3n) is 10.3. The van der Waals surface area contributed by atoms with E-state index in [2.05, 4.69) is 23.3 Å². The van der Waals surface area contributed by atoms with E-state index >= 15 is 0 Å². The van der Waals surface area contributed by atoms with E-state index in [1.54, 1.807) is 13.3 Å². The maximum Gasteiger partial charge on any atom is 0.306 e. The van der Waals surface area contributed by atoms with Crippen molar-refractivity contribution in [2.75, 3.05) is 20.8 Å². The summed E-state index contributed by atoms with van der Waals surface area (Å²) in [6, 6.07) is 0.0627. The van der Waals surface area contributed by atoms with Crippen LogP contribution in [0.3, 0.4) is 0 Å². The molecule has 4 aliphatic rings. The Hall–Kier alpha value is -2.14. The number of aliphatic hydroxyl groups is 1. The average molecular weight is 574 g/mol. The van der Waals surface area contributed by atoms with E-state index in [1.165, 1.54) is 7.11 Å². The second-order valence-corrected chi connectivity index (χ2v) is 12.6. The number of esters is 1. The van der Waals surface area contributed by atoms with Gasteiger partial charge in [0.25, 0.3) is 0 Å². The first kappa shape index (κ1) is 30.3. The third kappa shape index (κ3) is 6.45. The van der Waals surface area contributed by atoms with Gasteiger partial charge in [-0.25, -0.2) is 4.68 Å². The number of cyclic esters (lactones) is 1. The number of Topliss-reactive ketones (excluding diaryl/α,β-unsaturated/α-hetero) is 1. The van der Waals surface area contributed by atoms with Crippen molar-refractivity contribution in [3.05, 3.63) is 24.0 Å². The number of carbonyl (C=O) groups is 2. The summed E-state index contributed by atoms with van der Waals surface area (Å²) in [5, 5.41) is 19.2. The first-order valence-corrected chi connectivity index (χ1v) is 15.5. The van der Waals surface area contributed by atoms with Crippen LogP contribution in [0.25, 0.3) is 0 Å². The quantitative estimate of drug-likeness (QED) is 0.364. The largest absolute Gasteiger partial charge is 0.462 e. The molecular formula is C31H47N3O7. The van der Waals surface area contributed by atoms with Gasteiger partial charge >= 0.3 is 5.97 Å². The molecule has 2 unspecified atom stereocenters. The Bertz CT molecular complexity index is 1060. The van der Waals surface area contributed by atoms with Crippen LogP contribution in [0.5, 0.6) is 0 Å². The van der Waals surface area contributed by atoms with Gasteiger partial charge in [0, 0.05) is 32.3 Å². The molecule has 1 aromatic rings. The lowest BCUT2D eigenvalue weighted by Crippen LogP contribution is -2.39. The number of allylic oxidation sites excluding steroid dienone is 2. The Balaban J connectivity index is 1.44. The van der Waals surface area contributed by atoms with Crippen molar-refractivity contribution >= 4 is 11.8 Å². The second-order valence-electron chi connectivity index (χ2n) is 12.6. The minimum atomic E-state index is -1.11. The molecule has 0 radical (unpaired) electrons. The minimum absolute atomic E-state index is 0.0627. The number of hydrogen-bond donors (Lipinski definition) is 1. The van der Waals surface area contributed by atoms with Gasteiger partial charge in [-0.15, -0.1) is 5.10 Å². The molecule has 2 heterocycles. The predicted molar refractivity (Wildman–Crippen MR) is 149 cm³/mol. The maximum absolute atomic E-state index is 13.9. The van der Waals surface area contributed by atoms with Crippen LogP contribution in [0.4, 0.5) is 0 Å². The van der Waals surface area contributed by atoms with E-state index in [0.29, 0.717) is 0 Å². The van der Waals surface area contributed by atoms with E-state index in [0.717, 1.165) is 56.9 Å². The standard InChI is InChI=1S/C31H47N3O7/c1-5-19-9-7-6-8-18(2)30(36)26-14-22-21-12-20(41-31(37)28(39-4)17-38-3)13-25(21)27(34-11-10-32-33-34)15-23(22)24(26)16-29(35)40-19/h10-11,14,18-25,27-28,31,37H,5-9,12-13,15-17H2,1-4H3/t18-,19+,20+,21+,22?,23-,24+,25-,27-,28+,31?/m1/s1. The zero-order valence-corrected chi connectivity index (χ0v) is 24.9. The molecule has 3 aliphatic carbocycles. The van der Waals surface area contributed by atoms with Crippen LogP contribution >= 0.6 is 0 Å². The molecule has 1 aliphatic heterocycles. The van der Waals surface area contributed by atoms with Gasteiger partial charge in [-0.2, -0.15) is 0 Å². The van der Waals surface area contributed by atoms with Crippen LogP contribution in [0.15, 0.2) is 24.0 Å².